The zero-order valence-electron chi connectivity index (χ0n) is 16.4. The molecule has 0 bridgehead atoms. The lowest BCUT2D eigenvalue weighted by Gasteiger charge is -2.24. The van der Waals surface area contributed by atoms with E-state index in [1.54, 1.807) is 26.1 Å². The Hall–Kier alpha value is -2.35. The molecular formula is C20H26FN3O3S. The van der Waals surface area contributed by atoms with E-state index < -0.39 is 16.8 Å². The number of rotatable bonds is 6. The van der Waals surface area contributed by atoms with Crippen LogP contribution in [0.15, 0.2) is 29.1 Å². The smallest absolute Gasteiger partial charge is 0.255 e. The molecule has 0 radical (unpaired) electrons. The van der Waals surface area contributed by atoms with Gasteiger partial charge in [-0.15, -0.1) is 0 Å². The summed E-state index contributed by atoms with van der Waals surface area (Å²) in [7, 11) is 1.68. The summed E-state index contributed by atoms with van der Waals surface area (Å²) in [5, 5.41) is 3.01. The van der Waals surface area contributed by atoms with E-state index in [9.17, 15) is 13.4 Å². The highest BCUT2D eigenvalue weighted by Gasteiger charge is 2.24. The van der Waals surface area contributed by atoms with Crippen molar-refractivity contribution in [1.29, 1.82) is 0 Å². The third kappa shape index (κ3) is 4.38. The van der Waals surface area contributed by atoms with Gasteiger partial charge in [0.15, 0.2) is 5.75 Å². The Morgan fingerprint density at radius 1 is 1.21 bits per heavy atom. The van der Waals surface area contributed by atoms with E-state index in [1.165, 1.54) is 23.8 Å². The highest BCUT2D eigenvalue weighted by molar-refractivity contribution is 7.87. The second kappa shape index (κ2) is 8.77. The van der Waals surface area contributed by atoms with Crippen LogP contribution in [0, 0.1) is 12.7 Å². The first kappa shape index (κ1) is 20.4. The summed E-state index contributed by atoms with van der Waals surface area (Å²) < 4.78 is 37.0. The summed E-state index contributed by atoms with van der Waals surface area (Å²) in [6.07, 6.45) is 5.06. The maximum Gasteiger partial charge on any atom is 0.255 e. The average Bonchev–Trinajstić information content (AvgIpc) is 2.69. The third-order valence-corrected chi connectivity index (χ3v) is 6.54. The first-order valence-corrected chi connectivity index (χ1v) is 10.6. The molecule has 1 aromatic heterocycles. The summed E-state index contributed by atoms with van der Waals surface area (Å²) in [6, 6.07) is 6.12. The molecule has 1 aliphatic carbocycles. The van der Waals surface area contributed by atoms with Crippen LogP contribution in [0.25, 0.3) is 0 Å². The van der Waals surface area contributed by atoms with Gasteiger partial charge in [-0.05, 0) is 37.5 Å². The Balaban J connectivity index is 2.00. The number of nitrogens with one attached hydrogen (secondary N) is 2. The van der Waals surface area contributed by atoms with Crippen LogP contribution in [0.2, 0.25) is 0 Å². The quantitative estimate of drug-likeness (QED) is 0.759. The van der Waals surface area contributed by atoms with Crippen LogP contribution in [0.5, 0.6) is 5.75 Å². The SMILES string of the molecule is COc1cc(=O)n(C)c(Nc2ccc(C)cc2F)c1NS(=O)C1CCCCC1. The number of aromatic nitrogens is 1. The van der Waals surface area contributed by atoms with E-state index in [0.29, 0.717) is 11.5 Å². The second-order valence-electron chi connectivity index (χ2n) is 7.10. The van der Waals surface area contributed by atoms with Gasteiger partial charge >= 0.3 is 0 Å². The number of halogens is 1. The van der Waals surface area contributed by atoms with Crippen molar-refractivity contribution in [1.82, 2.24) is 4.57 Å². The highest BCUT2D eigenvalue weighted by atomic mass is 32.2. The van der Waals surface area contributed by atoms with E-state index in [4.69, 9.17) is 4.74 Å². The van der Waals surface area contributed by atoms with Crippen molar-refractivity contribution in [3.8, 4) is 5.75 Å². The van der Waals surface area contributed by atoms with Gasteiger partial charge in [0.1, 0.15) is 28.3 Å². The number of anilines is 3. The maximum absolute atomic E-state index is 14.4. The molecule has 28 heavy (non-hydrogen) atoms. The Morgan fingerprint density at radius 3 is 2.57 bits per heavy atom. The molecule has 1 unspecified atom stereocenters. The number of benzene rings is 1. The van der Waals surface area contributed by atoms with Crippen LogP contribution in [-0.2, 0) is 18.0 Å². The highest BCUT2D eigenvalue weighted by Crippen LogP contribution is 2.35. The molecule has 0 spiro atoms. The lowest BCUT2D eigenvalue weighted by molar-refractivity contribution is 0.415. The van der Waals surface area contributed by atoms with Gasteiger partial charge in [-0.25, -0.2) is 8.60 Å². The zero-order chi connectivity index (χ0) is 20.3. The molecule has 2 N–H and O–H groups in total. The van der Waals surface area contributed by atoms with Gasteiger partial charge in [0.05, 0.1) is 18.0 Å². The van der Waals surface area contributed by atoms with Gasteiger partial charge < -0.3 is 10.1 Å². The number of aryl methyl sites for hydroxylation is 1. The number of hydrogen-bond acceptors (Lipinski definition) is 4. The van der Waals surface area contributed by atoms with Crippen molar-refractivity contribution in [3.63, 3.8) is 0 Å². The molecule has 0 saturated heterocycles. The summed E-state index contributed by atoms with van der Waals surface area (Å²) in [6.45, 7) is 1.80. The van der Waals surface area contributed by atoms with Crippen LogP contribution < -0.4 is 20.3 Å². The standard InChI is InChI=1S/C20H26FN3O3S/c1-13-9-10-16(15(21)11-13)22-20-19(17(27-3)12-18(25)24(20)2)23-28(26)14-7-5-4-6-8-14/h9-12,14,22-23H,4-8H2,1-3H3. The van der Waals surface area contributed by atoms with Crippen LogP contribution in [0.4, 0.5) is 21.6 Å². The Labute approximate surface area is 166 Å². The Kier molecular flexibility index (Phi) is 6.39. The summed E-state index contributed by atoms with van der Waals surface area (Å²) in [5.74, 6) is 0.133. The Bertz CT molecular complexity index is 939. The summed E-state index contributed by atoms with van der Waals surface area (Å²) in [4.78, 5) is 12.3. The fraction of sp³-hybridized carbons (Fsp3) is 0.450. The topological polar surface area (TPSA) is 72.4 Å². The van der Waals surface area contributed by atoms with Gasteiger partial charge in [0, 0.05) is 13.1 Å². The van der Waals surface area contributed by atoms with E-state index in [1.807, 2.05) is 0 Å². The fourth-order valence-corrected chi connectivity index (χ4v) is 4.72. The molecule has 0 aliphatic heterocycles. The molecule has 1 aliphatic rings. The van der Waals surface area contributed by atoms with Crippen molar-refractivity contribution in [2.45, 2.75) is 44.3 Å². The molecule has 1 aromatic carbocycles. The molecule has 1 heterocycles. The molecule has 0 amide bonds. The molecule has 8 heteroatoms. The van der Waals surface area contributed by atoms with Crippen LogP contribution in [0.1, 0.15) is 37.7 Å². The molecule has 1 saturated carbocycles. The number of nitrogens with zero attached hydrogens (tertiary/aromatic N) is 1. The minimum Gasteiger partial charge on any atom is -0.494 e. The monoisotopic (exact) mass is 407 g/mol. The summed E-state index contributed by atoms with van der Waals surface area (Å²) in [5.41, 5.74) is 1.08. The minimum atomic E-state index is -1.34. The van der Waals surface area contributed by atoms with Gasteiger partial charge in [0.25, 0.3) is 5.56 Å². The van der Waals surface area contributed by atoms with Crippen molar-refractivity contribution in [2.24, 2.45) is 7.05 Å². The molecule has 1 atom stereocenters. The number of pyridine rings is 1. The van der Waals surface area contributed by atoms with Gasteiger partial charge in [-0.3, -0.25) is 14.1 Å². The number of methoxy groups -OCH3 is 1. The van der Waals surface area contributed by atoms with Gasteiger partial charge in [-0.2, -0.15) is 0 Å². The summed E-state index contributed by atoms with van der Waals surface area (Å²) >= 11 is 0. The van der Waals surface area contributed by atoms with Crippen LogP contribution in [0.3, 0.4) is 0 Å². The van der Waals surface area contributed by atoms with E-state index >= 15 is 0 Å². The minimum absolute atomic E-state index is 0.0413. The number of ether oxygens (including phenoxy) is 1. The molecular weight excluding hydrogens is 381 g/mol. The van der Waals surface area contributed by atoms with E-state index in [-0.39, 0.29) is 22.2 Å². The van der Waals surface area contributed by atoms with Gasteiger partial charge in [-0.1, -0.05) is 25.3 Å². The molecule has 152 valence electrons. The average molecular weight is 408 g/mol. The predicted octanol–water partition coefficient (Wildman–Crippen LogP) is 3.99. The van der Waals surface area contributed by atoms with Gasteiger partial charge in [0.2, 0.25) is 0 Å². The molecule has 6 nitrogen and oxygen atoms in total. The largest absolute Gasteiger partial charge is 0.494 e. The van der Waals surface area contributed by atoms with Crippen LogP contribution in [-0.4, -0.2) is 21.1 Å². The lowest BCUT2D eigenvalue weighted by Crippen LogP contribution is -2.26. The van der Waals surface area contributed by atoms with Crippen molar-refractivity contribution < 1.29 is 13.3 Å². The third-order valence-electron chi connectivity index (χ3n) is 5.06. The first-order chi connectivity index (χ1) is 13.4. The lowest BCUT2D eigenvalue weighted by atomic mass is 10.0. The zero-order valence-corrected chi connectivity index (χ0v) is 17.2. The number of hydrogen-bond donors (Lipinski definition) is 2. The van der Waals surface area contributed by atoms with Crippen molar-refractivity contribution in [2.75, 3.05) is 17.1 Å². The fourth-order valence-electron chi connectivity index (χ4n) is 3.39. The van der Waals surface area contributed by atoms with Crippen molar-refractivity contribution >= 4 is 28.2 Å². The normalized spacial score (nSPS) is 15.9. The Morgan fingerprint density at radius 2 is 1.93 bits per heavy atom. The van der Waals surface area contributed by atoms with Crippen molar-refractivity contribution in [3.05, 3.63) is 46.0 Å². The predicted molar refractivity (Wildman–Crippen MR) is 111 cm³/mol. The first-order valence-electron chi connectivity index (χ1n) is 9.39. The molecule has 3 rings (SSSR count). The van der Waals surface area contributed by atoms with E-state index in [2.05, 4.69) is 10.0 Å². The van der Waals surface area contributed by atoms with Crippen LogP contribution >= 0.6 is 0 Å². The van der Waals surface area contributed by atoms with E-state index in [0.717, 1.165) is 37.7 Å². The molecule has 1 fully saturated rings. The molecule has 2 aromatic rings. The maximum atomic E-state index is 14.4. The second-order valence-corrected chi connectivity index (χ2v) is 8.57.